The maximum atomic E-state index is 5.80. The first-order chi connectivity index (χ1) is 5.15. The fourth-order valence-corrected chi connectivity index (χ4v) is 2.09. The highest BCUT2D eigenvalue weighted by Crippen LogP contribution is 2.35. The number of rotatable bonds is 1. The lowest BCUT2D eigenvalue weighted by molar-refractivity contribution is 0.415. The van der Waals surface area contributed by atoms with E-state index in [1.54, 1.807) is 12.1 Å². The Kier molecular flexibility index (Phi) is 3.05. The largest absolute Gasteiger partial charge is 0.494 e. The minimum atomic E-state index is 0.506. The van der Waals surface area contributed by atoms with Gasteiger partial charge in [-0.05, 0) is 12.1 Å². The maximum Gasteiger partial charge on any atom is 0.156 e. The van der Waals surface area contributed by atoms with Gasteiger partial charge in [0.2, 0.25) is 0 Å². The van der Waals surface area contributed by atoms with Crippen molar-refractivity contribution in [3.63, 3.8) is 0 Å². The summed E-state index contributed by atoms with van der Waals surface area (Å²) in [6, 6.07) is 3.46. The molecule has 0 bridgehead atoms. The SMILES string of the molecule is COc1c(Cl)cc(Br)cc1Cl. The molecule has 0 aromatic heterocycles. The van der Waals surface area contributed by atoms with E-state index in [0.29, 0.717) is 15.8 Å². The third-order valence-corrected chi connectivity index (χ3v) is 2.19. The molecule has 1 aromatic rings. The summed E-state index contributed by atoms with van der Waals surface area (Å²) in [6.07, 6.45) is 0. The number of methoxy groups -OCH3 is 1. The summed E-state index contributed by atoms with van der Waals surface area (Å²) >= 11 is 14.8. The van der Waals surface area contributed by atoms with Crippen LogP contribution in [0.3, 0.4) is 0 Å². The van der Waals surface area contributed by atoms with Crippen LogP contribution in [-0.4, -0.2) is 7.11 Å². The van der Waals surface area contributed by atoms with E-state index < -0.39 is 0 Å². The Morgan fingerprint density at radius 3 is 2.09 bits per heavy atom. The highest BCUT2D eigenvalue weighted by Gasteiger charge is 2.06. The Bertz CT molecular complexity index is 252. The minimum Gasteiger partial charge on any atom is -0.494 e. The van der Waals surface area contributed by atoms with Crippen LogP contribution in [0, 0.1) is 0 Å². The molecule has 11 heavy (non-hydrogen) atoms. The first-order valence-electron chi connectivity index (χ1n) is 2.83. The van der Waals surface area contributed by atoms with Gasteiger partial charge in [-0.2, -0.15) is 0 Å². The van der Waals surface area contributed by atoms with Crippen LogP contribution in [0.5, 0.6) is 5.75 Å². The second-order valence-electron chi connectivity index (χ2n) is 1.90. The van der Waals surface area contributed by atoms with Crippen molar-refractivity contribution in [3.8, 4) is 5.75 Å². The van der Waals surface area contributed by atoms with Gasteiger partial charge < -0.3 is 4.74 Å². The van der Waals surface area contributed by atoms with Crippen LogP contribution in [0.2, 0.25) is 10.0 Å². The Hall–Kier alpha value is 0.0800. The summed E-state index contributed by atoms with van der Waals surface area (Å²) in [4.78, 5) is 0. The van der Waals surface area contributed by atoms with Crippen LogP contribution in [-0.2, 0) is 0 Å². The second kappa shape index (κ2) is 3.65. The van der Waals surface area contributed by atoms with Crippen molar-refractivity contribution in [2.75, 3.05) is 7.11 Å². The van der Waals surface area contributed by atoms with Crippen molar-refractivity contribution in [2.45, 2.75) is 0 Å². The fourth-order valence-electron chi connectivity index (χ4n) is 0.724. The molecule has 0 saturated heterocycles. The first-order valence-corrected chi connectivity index (χ1v) is 4.38. The quantitative estimate of drug-likeness (QED) is 0.743. The van der Waals surface area contributed by atoms with Crippen molar-refractivity contribution < 1.29 is 4.74 Å². The average Bonchev–Trinajstić information content (AvgIpc) is 1.85. The van der Waals surface area contributed by atoms with Gasteiger partial charge >= 0.3 is 0 Å². The van der Waals surface area contributed by atoms with E-state index in [2.05, 4.69) is 15.9 Å². The lowest BCUT2D eigenvalue weighted by Crippen LogP contribution is -1.84. The van der Waals surface area contributed by atoms with Crippen LogP contribution in [0.15, 0.2) is 16.6 Å². The smallest absolute Gasteiger partial charge is 0.156 e. The van der Waals surface area contributed by atoms with Gasteiger partial charge in [0.15, 0.2) is 5.75 Å². The zero-order valence-corrected chi connectivity index (χ0v) is 8.79. The Balaban J connectivity index is 3.25. The summed E-state index contributed by atoms with van der Waals surface area (Å²) < 4.78 is 5.79. The summed E-state index contributed by atoms with van der Waals surface area (Å²) in [6.45, 7) is 0. The molecular formula is C7H5BrCl2O. The van der Waals surface area contributed by atoms with E-state index in [0.717, 1.165) is 4.47 Å². The standard InChI is InChI=1S/C7H5BrCl2O/c1-11-7-5(9)2-4(8)3-6(7)10/h2-3H,1H3. The van der Waals surface area contributed by atoms with E-state index >= 15 is 0 Å². The molecule has 1 aromatic carbocycles. The normalized spacial score (nSPS) is 9.82. The van der Waals surface area contributed by atoms with Crippen LogP contribution >= 0.6 is 39.1 Å². The monoisotopic (exact) mass is 254 g/mol. The Labute approximate surface area is 83.4 Å². The predicted octanol–water partition coefficient (Wildman–Crippen LogP) is 3.76. The van der Waals surface area contributed by atoms with Crippen LogP contribution in [0.1, 0.15) is 0 Å². The molecule has 0 unspecified atom stereocenters. The van der Waals surface area contributed by atoms with Gasteiger partial charge in [0.05, 0.1) is 17.2 Å². The topological polar surface area (TPSA) is 9.23 Å². The fraction of sp³-hybridized carbons (Fsp3) is 0.143. The number of hydrogen-bond acceptors (Lipinski definition) is 1. The summed E-state index contributed by atoms with van der Waals surface area (Å²) in [7, 11) is 1.53. The molecule has 0 N–H and O–H groups in total. The highest BCUT2D eigenvalue weighted by atomic mass is 79.9. The lowest BCUT2D eigenvalue weighted by atomic mass is 10.3. The van der Waals surface area contributed by atoms with Gasteiger partial charge in [0, 0.05) is 4.47 Å². The number of hydrogen-bond donors (Lipinski definition) is 0. The third-order valence-electron chi connectivity index (χ3n) is 1.17. The van der Waals surface area contributed by atoms with E-state index in [-0.39, 0.29) is 0 Å². The Morgan fingerprint density at radius 2 is 1.73 bits per heavy atom. The van der Waals surface area contributed by atoms with Crippen molar-refractivity contribution in [3.05, 3.63) is 26.7 Å². The highest BCUT2D eigenvalue weighted by molar-refractivity contribution is 9.10. The van der Waals surface area contributed by atoms with Crippen LogP contribution < -0.4 is 4.74 Å². The molecule has 0 spiro atoms. The number of benzene rings is 1. The Morgan fingerprint density at radius 1 is 1.27 bits per heavy atom. The molecule has 0 radical (unpaired) electrons. The van der Waals surface area contributed by atoms with Gasteiger partial charge in [0.1, 0.15) is 0 Å². The van der Waals surface area contributed by atoms with Gasteiger partial charge in [-0.1, -0.05) is 39.1 Å². The molecule has 0 heterocycles. The predicted molar refractivity (Wildman–Crippen MR) is 50.7 cm³/mol. The number of ether oxygens (including phenoxy) is 1. The van der Waals surface area contributed by atoms with E-state index in [1.165, 1.54) is 7.11 Å². The van der Waals surface area contributed by atoms with Gasteiger partial charge in [-0.25, -0.2) is 0 Å². The van der Waals surface area contributed by atoms with Gasteiger partial charge in [0.25, 0.3) is 0 Å². The second-order valence-corrected chi connectivity index (χ2v) is 3.63. The zero-order valence-electron chi connectivity index (χ0n) is 5.70. The molecule has 4 heteroatoms. The minimum absolute atomic E-state index is 0.506. The average molecular weight is 256 g/mol. The molecule has 1 rings (SSSR count). The molecule has 60 valence electrons. The van der Waals surface area contributed by atoms with Gasteiger partial charge in [-0.3, -0.25) is 0 Å². The van der Waals surface area contributed by atoms with E-state index in [1.807, 2.05) is 0 Å². The van der Waals surface area contributed by atoms with Crippen molar-refractivity contribution in [1.82, 2.24) is 0 Å². The van der Waals surface area contributed by atoms with E-state index in [9.17, 15) is 0 Å². The first kappa shape index (κ1) is 9.17. The molecule has 0 saturated carbocycles. The van der Waals surface area contributed by atoms with Crippen LogP contribution in [0.25, 0.3) is 0 Å². The molecule has 0 atom stereocenters. The van der Waals surface area contributed by atoms with Crippen LogP contribution in [0.4, 0.5) is 0 Å². The summed E-state index contributed by atoms with van der Waals surface area (Å²) in [5.41, 5.74) is 0. The molecule has 0 fully saturated rings. The molecular weight excluding hydrogens is 251 g/mol. The van der Waals surface area contributed by atoms with Crippen molar-refractivity contribution in [2.24, 2.45) is 0 Å². The molecule has 0 amide bonds. The van der Waals surface area contributed by atoms with E-state index in [4.69, 9.17) is 27.9 Å². The zero-order chi connectivity index (χ0) is 8.43. The summed E-state index contributed by atoms with van der Waals surface area (Å²) in [5, 5.41) is 1.01. The van der Waals surface area contributed by atoms with Crippen molar-refractivity contribution >= 4 is 39.1 Å². The summed E-state index contributed by atoms with van der Waals surface area (Å²) in [5.74, 6) is 0.511. The molecule has 1 nitrogen and oxygen atoms in total. The molecule has 0 aliphatic rings. The lowest BCUT2D eigenvalue weighted by Gasteiger charge is -2.04. The number of halogens is 3. The van der Waals surface area contributed by atoms with Gasteiger partial charge in [-0.15, -0.1) is 0 Å². The van der Waals surface area contributed by atoms with Crippen molar-refractivity contribution in [1.29, 1.82) is 0 Å². The maximum absolute atomic E-state index is 5.80. The molecule has 0 aliphatic heterocycles. The third kappa shape index (κ3) is 2.01. The molecule has 0 aliphatic carbocycles.